The van der Waals surface area contributed by atoms with Gasteiger partial charge in [0, 0.05) is 44.2 Å². The third-order valence-electron chi connectivity index (χ3n) is 3.55. The van der Waals surface area contributed by atoms with E-state index in [4.69, 9.17) is 11.5 Å². The fourth-order valence-electron chi connectivity index (χ4n) is 2.07. The van der Waals surface area contributed by atoms with Gasteiger partial charge < -0.3 is 21.7 Å². The largest absolute Gasteiger partial charge is 0.433 e. The minimum atomic E-state index is -4.61. The summed E-state index contributed by atoms with van der Waals surface area (Å²) in [5.41, 5.74) is 9.86. The van der Waals surface area contributed by atoms with Gasteiger partial charge in [-0.25, -0.2) is 9.97 Å². The van der Waals surface area contributed by atoms with Crippen molar-refractivity contribution in [2.24, 2.45) is 16.5 Å². The number of rotatable bonds is 7. The number of carbonyl (C=O) groups is 1. The maximum atomic E-state index is 13.1. The first-order valence-electron chi connectivity index (χ1n) is 7.95. The van der Waals surface area contributed by atoms with Gasteiger partial charge >= 0.3 is 6.18 Å². The van der Waals surface area contributed by atoms with E-state index in [1.54, 1.807) is 4.90 Å². The Labute approximate surface area is 148 Å². The van der Waals surface area contributed by atoms with Gasteiger partial charge in [0.1, 0.15) is 6.54 Å². The topological polar surface area (TPSA) is 123 Å². The fraction of sp³-hybridized carbons (Fsp3) is 0.467. The molecule has 26 heavy (non-hydrogen) atoms. The van der Waals surface area contributed by atoms with Crippen molar-refractivity contribution in [2.45, 2.75) is 12.6 Å². The summed E-state index contributed by atoms with van der Waals surface area (Å²) in [6.07, 6.45) is -1.45. The lowest BCUT2D eigenvalue weighted by Gasteiger charge is -2.31. The van der Waals surface area contributed by atoms with Crippen molar-refractivity contribution in [2.75, 3.05) is 37.6 Å². The van der Waals surface area contributed by atoms with Crippen molar-refractivity contribution in [3.63, 3.8) is 0 Å². The second-order valence-corrected chi connectivity index (χ2v) is 5.51. The molecule has 0 spiro atoms. The van der Waals surface area contributed by atoms with Gasteiger partial charge in [0.25, 0.3) is 0 Å². The van der Waals surface area contributed by atoms with E-state index in [9.17, 15) is 18.0 Å². The van der Waals surface area contributed by atoms with Crippen LogP contribution in [0.4, 0.5) is 19.1 Å². The first-order chi connectivity index (χ1) is 12.3. The second kappa shape index (κ2) is 8.61. The van der Waals surface area contributed by atoms with Crippen LogP contribution >= 0.6 is 0 Å². The molecule has 0 aromatic carbocycles. The molecule has 8 nitrogen and oxygen atoms in total. The van der Waals surface area contributed by atoms with Crippen LogP contribution in [0, 0.1) is 0 Å². The summed E-state index contributed by atoms with van der Waals surface area (Å²) < 4.78 is 39.4. The first kappa shape index (κ1) is 19.6. The summed E-state index contributed by atoms with van der Waals surface area (Å²) in [7, 11) is 0. The lowest BCUT2D eigenvalue weighted by Crippen LogP contribution is -2.38. The van der Waals surface area contributed by atoms with Gasteiger partial charge in [0.2, 0.25) is 11.9 Å². The molecule has 2 heterocycles. The van der Waals surface area contributed by atoms with Crippen LogP contribution < -0.4 is 21.7 Å². The van der Waals surface area contributed by atoms with E-state index >= 15 is 0 Å². The molecule has 1 fully saturated rings. The molecule has 1 aliphatic rings. The van der Waals surface area contributed by atoms with Crippen LogP contribution in [0.25, 0.3) is 5.57 Å². The van der Waals surface area contributed by atoms with Gasteiger partial charge in [-0.3, -0.25) is 9.79 Å². The zero-order valence-corrected chi connectivity index (χ0v) is 14.0. The quantitative estimate of drug-likeness (QED) is 0.587. The molecule has 0 saturated carbocycles. The van der Waals surface area contributed by atoms with Crippen molar-refractivity contribution in [1.29, 1.82) is 0 Å². The third-order valence-corrected chi connectivity index (χ3v) is 3.55. The van der Waals surface area contributed by atoms with Gasteiger partial charge in [-0.05, 0) is 12.5 Å². The van der Waals surface area contributed by atoms with Gasteiger partial charge in [0.15, 0.2) is 5.69 Å². The number of nitrogens with one attached hydrogen (secondary N) is 1. The molecule has 11 heteroatoms. The summed E-state index contributed by atoms with van der Waals surface area (Å²) >= 11 is 0. The van der Waals surface area contributed by atoms with Gasteiger partial charge in [-0.2, -0.15) is 13.2 Å². The van der Waals surface area contributed by atoms with E-state index in [1.807, 2.05) is 0 Å². The zero-order chi connectivity index (χ0) is 19.2. The Morgan fingerprint density at radius 2 is 2.12 bits per heavy atom. The average molecular weight is 371 g/mol. The van der Waals surface area contributed by atoms with Crippen molar-refractivity contribution >= 4 is 23.6 Å². The summed E-state index contributed by atoms with van der Waals surface area (Å²) in [6.45, 7) is 1.60. The van der Waals surface area contributed by atoms with Gasteiger partial charge in [-0.15, -0.1) is 0 Å². The van der Waals surface area contributed by atoms with E-state index in [2.05, 4.69) is 20.3 Å². The Balaban J connectivity index is 2.22. The number of halogens is 3. The number of amides is 1. The number of nitrogens with two attached hydrogens (primary N) is 2. The van der Waals surface area contributed by atoms with Crippen molar-refractivity contribution in [3.05, 3.63) is 23.7 Å². The number of aliphatic imine (C=N–C) groups is 1. The highest BCUT2D eigenvalue weighted by atomic mass is 19.4. The number of aromatic nitrogens is 2. The minimum Gasteiger partial charge on any atom is -0.404 e. The standard InChI is InChI=1S/C15H20F3N7O/c16-15(17,18)12-6-11(23-14(24-12)25-4-1-5-25)10(7-20)8-21-9-13(26)22-3-2-19/h6-8H,1-5,9,19-20H2,(H,22,26). The fourth-order valence-corrected chi connectivity index (χ4v) is 2.07. The SMILES string of the molecule is NC=C(C=NCC(=O)NCCN)c1cc(C(F)(F)F)nc(N2CCC2)n1. The minimum absolute atomic E-state index is 0.00508. The summed E-state index contributed by atoms with van der Waals surface area (Å²) in [5.74, 6) is -0.363. The summed E-state index contributed by atoms with van der Waals surface area (Å²) in [4.78, 5) is 24.7. The molecular formula is C15H20F3N7O. The second-order valence-electron chi connectivity index (χ2n) is 5.51. The summed E-state index contributed by atoms with van der Waals surface area (Å²) in [6, 6.07) is 0.808. The molecular weight excluding hydrogens is 351 g/mol. The van der Waals surface area contributed by atoms with Crippen molar-refractivity contribution in [1.82, 2.24) is 15.3 Å². The molecule has 0 atom stereocenters. The molecule has 1 aliphatic heterocycles. The normalized spacial score (nSPS) is 15.2. The van der Waals surface area contributed by atoms with Crippen LogP contribution in [0.15, 0.2) is 17.3 Å². The highest BCUT2D eigenvalue weighted by Crippen LogP contribution is 2.31. The van der Waals surface area contributed by atoms with Gasteiger partial charge in [-0.1, -0.05) is 0 Å². The molecule has 1 amide bonds. The number of nitrogens with zero attached hydrogens (tertiary/aromatic N) is 4. The maximum absolute atomic E-state index is 13.1. The van der Waals surface area contributed by atoms with Crippen LogP contribution in [0.2, 0.25) is 0 Å². The van der Waals surface area contributed by atoms with E-state index in [1.165, 1.54) is 6.21 Å². The zero-order valence-electron chi connectivity index (χ0n) is 14.0. The molecule has 1 aromatic heterocycles. The number of alkyl halides is 3. The molecule has 0 unspecified atom stereocenters. The Morgan fingerprint density at radius 3 is 2.65 bits per heavy atom. The predicted molar refractivity (Wildman–Crippen MR) is 91.5 cm³/mol. The van der Waals surface area contributed by atoms with Crippen molar-refractivity contribution in [3.8, 4) is 0 Å². The highest BCUT2D eigenvalue weighted by Gasteiger charge is 2.35. The molecule has 5 N–H and O–H groups in total. The number of anilines is 1. The van der Waals surface area contributed by atoms with Gasteiger partial charge in [0.05, 0.1) is 5.69 Å². The Hall–Kier alpha value is -2.69. The highest BCUT2D eigenvalue weighted by molar-refractivity contribution is 6.09. The molecule has 0 radical (unpaired) electrons. The Kier molecular flexibility index (Phi) is 6.50. The lowest BCUT2D eigenvalue weighted by molar-refractivity contribution is -0.141. The number of hydrogen-bond acceptors (Lipinski definition) is 7. The monoisotopic (exact) mass is 371 g/mol. The molecule has 2 rings (SSSR count). The molecule has 142 valence electrons. The van der Waals surface area contributed by atoms with Crippen LogP contribution in [-0.4, -0.2) is 54.8 Å². The molecule has 1 saturated heterocycles. The smallest absolute Gasteiger partial charge is 0.404 e. The first-order valence-corrected chi connectivity index (χ1v) is 7.95. The van der Waals surface area contributed by atoms with Crippen LogP contribution in [0.3, 0.4) is 0 Å². The van der Waals surface area contributed by atoms with Crippen LogP contribution in [-0.2, 0) is 11.0 Å². The van der Waals surface area contributed by atoms with E-state index < -0.39 is 11.9 Å². The van der Waals surface area contributed by atoms with Crippen LogP contribution in [0.5, 0.6) is 0 Å². The van der Waals surface area contributed by atoms with Crippen molar-refractivity contribution < 1.29 is 18.0 Å². The van der Waals surface area contributed by atoms with E-state index in [-0.39, 0.29) is 29.7 Å². The maximum Gasteiger partial charge on any atom is 0.433 e. The summed E-state index contributed by atoms with van der Waals surface area (Å²) in [5, 5.41) is 2.52. The Bertz CT molecular complexity index is 699. The number of carbonyl (C=O) groups excluding carboxylic acids is 1. The molecule has 0 bridgehead atoms. The predicted octanol–water partition coefficient (Wildman–Crippen LogP) is 0.151. The molecule has 0 aliphatic carbocycles. The van der Waals surface area contributed by atoms with E-state index in [0.717, 1.165) is 18.7 Å². The average Bonchev–Trinajstić information content (AvgIpc) is 2.54. The van der Waals surface area contributed by atoms with E-state index in [0.29, 0.717) is 26.2 Å². The third kappa shape index (κ3) is 5.15. The van der Waals surface area contributed by atoms with Crippen LogP contribution in [0.1, 0.15) is 17.8 Å². The lowest BCUT2D eigenvalue weighted by atomic mass is 10.2. The Morgan fingerprint density at radius 1 is 1.38 bits per heavy atom. The number of hydrogen-bond donors (Lipinski definition) is 3. The number of allylic oxidation sites excluding steroid dienone is 1. The molecule has 1 aromatic rings.